The average molecular weight is 277 g/mol. The van der Waals surface area contributed by atoms with Crippen LogP contribution in [0.25, 0.3) is 0 Å². The maximum atomic E-state index is 10.8. The molecule has 0 unspecified atom stereocenters. The van der Waals surface area contributed by atoms with Crippen molar-refractivity contribution in [2.45, 2.75) is 24.2 Å². The molecular weight excluding hydrogens is 262 g/mol. The van der Waals surface area contributed by atoms with Crippen LogP contribution >= 0.6 is 11.8 Å². The zero-order chi connectivity index (χ0) is 13.9. The molecule has 0 aromatic heterocycles. The summed E-state index contributed by atoms with van der Waals surface area (Å²) in [6.07, 6.45) is 2.13. The molecule has 0 spiro atoms. The third kappa shape index (κ3) is 3.42. The summed E-state index contributed by atoms with van der Waals surface area (Å²) >= 11 is 1.55. The number of carbonyl (C=O) groups is 1. The van der Waals surface area contributed by atoms with E-state index in [4.69, 9.17) is 15.1 Å². The van der Waals surface area contributed by atoms with Gasteiger partial charge in [0, 0.05) is 10.6 Å². The van der Waals surface area contributed by atoms with Crippen LogP contribution in [0, 0.1) is 16.7 Å². The Kier molecular flexibility index (Phi) is 4.01. The van der Waals surface area contributed by atoms with Gasteiger partial charge in [-0.15, -0.1) is 11.8 Å². The lowest BCUT2D eigenvalue weighted by atomic mass is 10.1. The highest BCUT2D eigenvalue weighted by atomic mass is 32.2. The van der Waals surface area contributed by atoms with Crippen molar-refractivity contribution in [2.24, 2.45) is 5.41 Å². The number of benzene rings is 1. The van der Waals surface area contributed by atoms with Gasteiger partial charge in [0.2, 0.25) is 0 Å². The first-order valence-corrected chi connectivity index (χ1v) is 7.00. The number of carboxylic acid groups (broad SMARTS) is 1. The number of carboxylic acids is 1. The van der Waals surface area contributed by atoms with Crippen molar-refractivity contribution < 1.29 is 14.6 Å². The predicted molar refractivity (Wildman–Crippen MR) is 72.4 cm³/mol. The van der Waals surface area contributed by atoms with Crippen molar-refractivity contribution in [3.05, 3.63) is 23.8 Å². The number of nitriles is 1. The van der Waals surface area contributed by atoms with Crippen molar-refractivity contribution in [2.75, 3.05) is 12.9 Å². The van der Waals surface area contributed by atoms with Gasteiger partial charge in [0.1, 0.15) is 11.8 Å². The van der Waals surface area contributed by atoms with Gasteiger partial charge < -0.3 is 9.84 Å². The third-order valence-electron chi connectivity index (χ3n) is 3.33. The minimum Gasteiger partial charge on any atom is -0.497 e. The highest BCUT2D eigenvalue weighted by Gasteiger charge is 2.44. The minimum atomic E-state index is -0.746. The standard InChI is InChI=1S/C14H15NO3S/c1-18-11-3-2-10(8-15)12(6-11)19-9-14(4-5-14)7-13(16)17/h2-3,6H,4-5,7,9H2,1H3,(H,16,17). The highest BCUT2D eigenvalue weighted by Crippen LogP contribution is 2.52. The summed E-state index contributed by atoms with van der Waals surface area (Å²) < 4.78 is 5.15. The zero-order valence-corrected chi connectivity index (χ0v) is 11.5. The summed E-state index contributed by atoms with van der Waals surface area (Å²) in [7, 11) is 1.59. The van der Waals surface area contributed by atoms with Gasteiger partial charge in [-0.3, -0.25) is 4.79 Å². The third-order valence-corrected chi connectivity index (χ3v) is 4.73. The van der Waals surface area contributed by atoms with Gasteiger partial charge in [0.05, 0.1) is 19.1 Å². The van der Waals surface area contributed by atoms with E-state index in [1.165, 1.54) is 0 Å². The first-order chi connectivity index (χ1) is 9.08. The monoisotopic (exact) mass is 277 g/mol. The van der Waals surface area contributed by atoms with Crippen molar-refractivity contribution in [1.29, 1.82) is 5.26 Å². The molecule has 0 saturated heterocycles. The molecule has 1 aliphatic rings. The van der Waals surface area contributed by atoms with E-state index < -0.39 is 5.97 Å². The minimum absolute atomic E-state index is 0.0771. The second-order valence-corrected chi connectivity index (χ2v) is 5.85. The second kappa shape index (κ2) is 5.54. The maximum absolute atomic E-state index is 10.8. The Bertz CT molecular complexity index is 532. The Hall–Kier alpha value is -1.67. The molecule has 1 saturated carbocycles. The van der Waals surface area contributed by atoms with Gasteiger partial charge in [0.25, 0.3) is 0 Å². The number of ether oxygens (including phenoxy) is 1. The number of hydrogen-bond donors (Lipinski definition) is 1. The fourth-order valence-electron chi connectivity index (χ4n) is 1.94. The lowest BCUT2D eigenvalue weighted by molar-refractivity contribution is -0.138. The molecule has 2 rings (SSSR count). The van der Waals surface area contributed by atoms with Crippen LogP contribution in [0.15, 0.2) is 23.1 Å². The molecule has 1 aliphatic carbocycles. The SMILES string of the molecule is COc1ccc(C#N)c(SCC2(CC(=O)O)CC2)c1. The van der Waals surface area contributed by atoms with Crippen LogP contribution in [0.1, 0.15) is 24.8 Å². The zero-order valence-electron chi connectivity index (χ0n) is 10.7. The first-order valence-electron chi connectivity index (χ1n) is 6.01. The quantitative estimate of drug-likeness (QED) is 0.809. The number of nitrogens with zero attached hydrogens (tertiary/aromatic N) is 1. The van der Waals surface area contributed by atoms with E-state index in [0.29, 0.717) is 11.3 Å². The Morgan fingerprint density at radius 3 is 2.84 bits per heavy atom. The van der Waals surface area contributed by atoms with E-state index in [1.807, 2.05) is 6.07 Å². The van der Waals surface area contributed by atoms with Crippen molar-refractivity contribution in [3.63, 3.8) is 0 Å². The molecule has 5 heteroatoms. The van der Waals surface area contributed by atoms with Crippen LogP contribution < -0.4 is 4.74 Å². The molecule has 19 heavy (non-hydrogen) atoms. The molecular formula is C14H15NO3S. The van der Waals surface area contributed by atoms with Gasteiger partial charge in [0.15, 0.2) is 0 Å². The molecule has 4 nitrogen and oxygen atoms in total. The number of hydrogen-bond acceptors (Lipinski definition) is 4. The van der Waals surface area contributed by atoms with Crippen LogP contribution in [0.2, 0.25) is 0 Å². The van der Waals surface area contributed by atoms with Crippen LogP contribution in [-0.4, -0.2) is 23.9 Å². The molecule has 1 fully saturated rings. The van der Waals surface area contributed by atoms with Crippen LogP contribution in [0.5, 0.6) is 5.75 Å². The summed E-state index contributed by atoms with van der Waals surface area (Å²) in [6, 6.07) is 7.48. The van der Waals surface area contributed by atoms with Crippen LogP contribution in [-0.2, 0) is 4.79 Å². The maximum Gasteiger partial charge on any atom is 0.303 e. The molecule has 0 radical (unpaired) electrons. The van der Waals surface area contributed by atoms with E-state index in [0.717, 1.165) is 23.5 Å². The summed E-state index contributed by atoms with van der Waals surface area (Å²) in [5.41, 5.74) is 0.531. The van der Waals surface area contributed by atoms with Crippen molar-refractivity contribution >= 4 is 17.7 Å². The molecule has 0 bridgehead atoms. The first kappa shape index (κ1) is 13.8. The fourth-order valence-corrected chi connectivity index (χ4v) is 3.26. The van der Waals surface area contributed by atoms with Crippen molar-refractivity contribution in [1.82, 2.24) is 0 Å². The predicted octanol–water partition coefficient (Wildman–Crippen LogP) is 2.91. The van der Waals surface area contributed by atoms with Gasteiger partial charge in [-0.2, -0.15) is 5.26 Å². The Morgan fingerprint density at radius 2 is 2.32 bits per heavy atom. The molecule has 0 aliphatic heterocycles. The Labute approximate surface area is 116 Å². The summed E-state index contributed by atoms with van der Waals surface area (Å²) in [5.74, 6) is 0.704. The van der Waals surface area contributed by atoms with Crippen LogP contribution in [0.3, 0.4) is 0 Å². The topological polar surface area (TPSA) is 70.3 Å². The fraction of sp³-hybridized carbons (Fsp3) is 0.429. The van der Waals surface area contributed by atoms with E-state index in [1.54, 1.807) is 31.0 Å². The molecule has 1 N–H and O–H groups in total. The average Bonchev–Trinajstić information content (AvgIpc) is 3.15. The lowest BCUT2D eigenvalue weighted by Gasteiger charge is -2.13. The molecule has 1 aromatic carbocycles. The van der Waals surface area contributed by atoms with Crippen LogP contribution in [0.4, 0.5) is 0 Å². The highest BCUT2D eigenvalue weighted by molar-refractivity contribution is 7.99. The van der Waals surface area contributed by atoms with E-state index in [-0.39, 0.29) is 11.8 Å². The van der Waals surface area contributed by atoms with Crippen molar-refractivity contribution in [3.8, 4) is 11.8 Å². The summed E-state index contributed by atoms with van der Waals surface area (Å²) in [6.45, 7) is 0. The van der Waals surface area contributed by atoms with E-state index in [2.05, 4.69) is 6.07 Å². The van der Waals surface area contributed by atoms with E-state index >= 15 is 0 Å². The lowest BCUT2D eigenvalue weighted by Crippen LogP contribution is -2.11. The number of aliphatic carboxylic acids is 1. The number of thioether (sulfide) groups is 1. The molecule has 0 amide bonds. The summed E-state index contributed by atoms with van der Waals surface area (Å²) in [5, 5.41) is 18.0. The van der Waals surface area contributed by atoms with E-state index in [9.17, 15) is 4.79 Å². The van der Waals surface area contributed by atoms with Gasteiger partial charge in [-0.25, -0.2) is 0 Å². The Balaban J connectivity index is 2.07. The summed E-state index contributed by atoms with van der Waals surface area (Å²) in [4.78, 5) is 11.7. The molecule has 100 valence electrons. The Morgan fingerprint density at radius 1 is 1.58 bits per heavy atom. The van der Waals surface area contributed by atoms with Gasteiger partial charge in [-0.05, 0) is 36.5 Å². The molecule has 0 heterocycles. The normalized spacial score (nSPS) is 15.6. The van der Waals surface area contributed by atoms with Gasteiger partial charge in [-0.1, -0.05) is 0 Å². The number of methoxy groups -OCH3 is 1. The molecule has 0 atom stereocenters. The smallest absolute Gasteiger partial charge is 0.303 e. The second-order valence-electron chi connectivity index (χ2n) is 4.83. The number of rotatable bonds is 6. The van der Waals surface area contributed by atoms with Gasteiger partial charge >= 0.3 is 5.97 Å². The largest absolute Gasteiger partial charge is 0.497 e. The molecule has 1 aromatic rings.